The molecule has 0 radical (unpaired) electrons. The van der Waals surface area contributed by atoms with Crippen LogP contribution in [0.5, 0.6) is 0 Å². The summed E-state index contributed by atoms with van der Waals surface area (Å²) < 4.78 is 22.9. The van der Waals surface area contributed by atoms with Gasteiger partial charge in [-0.1, -0.05) is 5.92 Å². The lowest BCUT2D eigenvalue weighted by atomic mass is 10.3. The second-order valence-electron chi connectivity index (χ2n) is 2.74. The fraction of sp³-hybridized carbons (Fsp3) is 0.375. The maximum Gasteiger partial charge on any atom is 0.232 e. The molecule has 0 atom stereocenters. The molecular formula is C8H9ClN2O2S. The van der Waals surface area contributed by atoms with Crippen LogP contribution in [0.25, 0.3) is 0 Å². The normalized spacial score (nSPS) is 11.1. The van der Waals surface area contributed by atoms with Crippen molar-refractivity contribution in [2.75, 3.05) is 5.75 Å². The molecule has 0 spiro atoms. The van der Waals surface area contributed by atoms with Gasteiger partial charge in [0, 0.05) is 16.9 Å². The lowest BCUT2D eigenvalue weighted by molar-refractivity contribution is 0.609. The van der Waals surface area contributed by atoms with E-state index in [1.165, 1.54) is 0 Å². The molecule has 1 rings (SSSR count). The molecule has 0 aliphatic carbocycles. The van der Waals surface area contributed by atoms with Gasteiger partial charge in [-0.3, -0.25) is 4.68 Å². The number of hydrogen-bond acceptors (Lipinski definition) is 3. The fourth-order valence-electron chi connectivity index (χ4n) is 0.955. The molecule has 0 aliphatic heterocycles. The van der Waals surface area contributed by atoms with Gasteiger partial charge in [-0.25, -0.2) is 8.42 Å². The van der Waals surface area contributed by atoms with Crippen LogP contribution in [-0.2, 0) is 22.0 Å². The van der Waals surface area contributed by atoms with Gasteiger partial charge < -0.3 is 0 Å². The van der Waals surface area contributed by atoms with E-state index in [4.69, 9.17) is 17.1 Å². The average Bonchev–Trinajstić information content (AvgIpc) is 2.49. The minimum atomic E-state index is -3.43. The molecule has 0 saturated heterocycles. The van der Waals surface area contributed by atoms with E-state index < -0.39 is 9.05 Å². The Labute approximate surface area is 87.3 Å². The first-order valence-corrected chi connectivity index (χ1v) is 6.36. The lowest BCUT2D eigenvalue weighted by Gasteiger charge is -1.93. The molecule has 0 aromatic carbocycles. The van der Waals surface area contributed by atoms with E-state index in [0.717, 1.165) is 5.56 Å². The molecule has 1 aromatic heterocycles. The van der Waals surface area contributed by atoms with E-state index in [0.29, 0.717) is 13.0 Å². The first kappa shape index (κ1) is 11.1. The molecule has 1 heterocycles. The van der Waals surface area contributed by atoms with Gasteiger partial charge in [-0.05, 0) is 12.0 Å². The molecule has 4 nitrogen and oxygen atoms in total. The van der Waals surface area contributed by atoms with E-state index in [-0.39, 0.29) is 5.75 Å². The van der Waals surface area contributed by atoms with Gasteiger partial charge in [0.25, 0.3) is 0 Å². The van der Waals surface area contributed by atoms with Crippen LogP contribution in [0.15, 0.2) is 12.4 Å². The van der Waals surface area contributed by atoms with Crippen LogP contribution in [0.3, 0.4) is 0 Å². The molecule has 14 heavy (non-hydrogen) atoms. The monoisotopic (exact) mass is 232 g/mol. The molecule has 1 aromatic rings. The molecule has 0 N–H and O–H groups in total. The average molecular weight is 233 g/mol. The topological polar surface area (TPSA) is 52.0 Å². The Bertz CT molecular complexity index is 444. The Morgan fingerprint density at radius 3 is 2.93 bits per heavy atom. The largest absolute Gasteiger partial charge is 0.260 e. The second-order valence-corrected chi connectivity index (χ2v) is 5.64. The highest BCUT2D eigenvalue weighted by Gasteiger charge is 2.06. The Balaban J connectivity index is 2.57. The quantitative estimate of drug-likeness (QED) is 0.565. The van der Waals surface area contributed by atoms with Crippen molar-refractivity contribution < 1.29 is 8.42 Å². The van der Waals surface area contributed by atoms with E-state index in [9.17, 15) is 8.42 Å². The molecule has 0 amide bonds. The second kappa shape index (κ2) is 4.49. The number of terminal acetylenes is 1. The van der Waals surface area contributed by atoms with E-state index in [1.54, 1.807) is 17.1 Å². The molecule has 0 unspecified atom stereocenters. The maximum atomic E-state index is 10.6. The highest BCUT2D eigenvalue weighted by molar-refractivity contribution is 8.13. The standard InChI is InChI=1S/C8H9ClN2O2S/c1-2-4-11-7-8(6-10-11)3-5-14(9,12)13/h1,6-7H,3-5H2. The maximum absolute atomic E-state index is 10.6. The van der Waals surface area contributed by atoms with Gasteiger partial charge in [0.05, 0.1) is 11.9 Å². The molecule has 0 bridgehead atoms. The number of halogens is 1. The Kier molecular flexibility index (Phi) is 3.55. The van der Waals surface area contributed by atoms with Crippen molar-refractivity contribution in [1.29, 1.82) is 0 Å². The van der Waals surface area contributed by atoms with Crippen LogP contribution in [0, 0.1) is 12.3 Å². The van der Waals surface area contributed by atoms with E-state index in [1.807, 2.05) is 0 Å². The van der Waals surface area contributed by atoms with Gasteiger partial charge in [-0.15, -0.1) is 6.42 Å². The molecule has 6 heteroatoms. The van der Waals surface area contributed by atoms with Crippen LogP contribution < -0.4 is 0 Å². The summed E-state index contributed by atoms with van der Waals surface area (Å²) in [6.45, 7) is 0.383. The minimum Gasteiger partial charge on any atom is -0.260 e. The lowest BCUT2D eigenvalue weighted by Crippen LogP contribution is -2.00. The zero-order valence-electron chi connectivity index (χ0n) is 7.35. The summed E-state index contributed by atoms with van der Waals surface area (Å²) in [4.78, 5) is 0. The number of nitrogens with zero attached hydrogens (tertiary/aromatic N) is 2. The smallest absolute Gasteiger partial charge is 0.232 e. The van der Waals surface area contributed by atoms with Crippen LogP contribution in [0.1, 0.15) is 5.56 Å². The van der Waals surface area contributed by atoms with Crippen molar-refractivity contribution in [2.24, 2.45) is 0 Å². The summed E-state index contributed by atoms with van der Waals surface area (Å²) in [7, 11) is 1.63. The van der Waals surface area contributed by atoms with Gasteiger partial charge in [0.15, 0.2) is 0 Å². The zero-order chi connectivity index (χ0) is 10.6. The van der Waals surface area contributed by atoms with Crippen LogP contribution in [0.2, 0.25) is 0 Å². The van der Waals surface area contributed by atoms with Crippen molar-refractivity contribution in [2.45, 2.75) is 13.0 Å². The molecule has 0 saturated carbocycles. The predicted molar refractivity (Wildman–Crippen MR) is 54.4 cm³/mol. The van der Waals surface area contributed by atoms with Crippen molar-refractivity contribution in [3.8, 4) is 12.3 Å². The van der Waals surface area contributed by atoms with Crippen LogP contribution in [0.4, 0.5) is 0 Å². The molecular weight excluding hydrogens is 224 g/mol. The van der Waals surface area contributed by atoms with Gasteiger partial charge in [0.1, 0.15) is 6.54 Å². The van der Waals surface area contributed by atoms with Gasteiger partial charge in [-0.2, -0.15) is 5.10 Å². The predicted octanol–water partition coefficient (Wildman–Crippen LogP) is 0.627. The van der Waals surface area contributed by atoms with Gasteiger partial charge >= 0.3 is 0 Å². The molecule has 0 aliphatic rings. The Morgan fingerprint density at radius 2 is 2.36 bits per heavy atom. The number of aromatic nitrogens is 2. The third-order valence-corrected chi connectivity index (χ3v) is 2.73. The molecule has 76 valence electrons. The number of aryl methyl sites for hydroxylation is 1. The van der Waals surface area contributed by atoms with Crippen LogP contribution >= 0.6 is 10.7 Å². The third-order valence-electron chi connectivity index (χ3n) is 1.57. The summed E-state index contributed by atoms with van der Waals surface area (Å²) in [6.07, 6.45) is 8.74. The summed E-state index contributed by atoms with van der Waals surface area (Å²) in [6, 6.07) is 0. The van der Waals surface area contributed by atoms with Crippen molar-refractivity contribution in [3.63, 3.8) is 0 Å². The van der Waals surface area contributed by atoms with Gasteiger partial charge in [0.2, 0.25) is 9.05 Å². The summed E-state index contributed by atoms with van der Waals surface area (Å²) in [5.74, 6) is 2.34. The van der Waals surface area contributed by atoms with E-state index >= 15 is 0 Å². The number of hydrogen-bond donors (Lipinski definition) is 0. The van der Waals surface area contributed by atoms with Crippen LogP contribution in [-0.4, -0.2) is 24.0 Å². The van der Waals surface area contributed by atoms with Crippen molar-refractivity contribution >= 4 is 19.7 Å². The SMILES string of the molecule is C#CCn1cc(CCS(=O)(=O)Cl)cn1. The van der Waals surface area contributed by atoms with Crippen molar-refractivity contribution in [3.05, 3.63) is 18.0 Å². The van der Waals surface area contributed by atoms with Crippen molar-refractivity contribution in [1.82, 2.24) is 9.78 Å². The van der Waals surface area contributed by atoms with E-state index in [2.05, 4.69) is 11.0 Å². The highest BCUT2D eigenvalue weighted by Crippen LogP contribution is 2.04. The first-order chi connectivity index (χ1) is 6.51. The molecule has 0 fully saturated rings. The number of rotatable bonds is 4. The Morgan fingerprint density at radius 1 is 1.64 bits per heavy atom. The third kappa shape index (κ3) is 3.81. The first-order valence-electron chi connectivity index (χ1n) is 3.88. The Hall–Kier alpha value is -0.990. The minimum absolute atomic E-state index is 0.0870. The highest BCUT2D eigenvalue weighted by atomic mass is 35.7. The fourth-order valence-corrected chi connectivity index (χ4v) is 1.67. The summed E-state index contributed by atoms with van der Waals surface area (Å²) in [5, 5.41) is 3.94. The summed E-state index contributed by atoms with van der Waals surface area (Å²) in [5.41, 5.74) is 0.810. The summed E-state index contributed by atoms with van der Waals surface area (Å²) >= 11 is 0. The zero-order valence-corrected chi connectivity index (χ0v) is 8.92.